The van der Waals surface area contributed by atoms with E-state index in [4.69, 9.17) is 5.73 Å². The predicted octanol–water partition coefficient (Wildman–Crippen LogP) is 2.97. The first-order chi connectivity index (χ1) is 9.42. The number of hydrogen-bond donors (Lipinski definition) is 1. The van der Waals surface area contributed by atoms with Gasteiger partial charge in [-0.2, -0.15) is 0 Å². The van der Waals surface area contributed by atoms with Crippen LogP contribution in [0.1, 0.15) is 26.3 Å². The number of rotatable bonds is 7. The highest BCUT2D eigenvalue weighted by Crippen LogP contribution is 2.23. The quantitative estimate of drug-likeness (QED) is 0.836. The van der Waals surface area contributed by atoms with E-state index in [1.165, 1.54) is 5.56 Å². The van der Waals surface area contributed by atoms with Gasteiger partial charge in [-0.05, 0) is 12.0 Å². The zero-order valence-corrected chi connectivity index (χ0v) is 14.8. The van der Waals surface area contributed by atoms with Crippen LogP contribution in [-0.4, -0.2) is 40.9 Å². The summed E-state index contributed by atoms with van der Waals surface area (Å²) >= 11 is 1.69. The highest BCUT2D eigenvalue weighted by atomic mass is 35.5. The molecule has 0 atom stereocenters. The zero-order valence-electron chi connectivity index (χ0n) is 13.2. The number of benzene rings is 1. The molecule has 0 aromatic heterocycles. The van der Waals surface area contributed by atoms with Gasteiger partial charge in [0.1, 0.15) is 0 Å². The standard InChI is InChI=1S/C16H26N2OS.ClH/c1-16(2,3)20-13-15(19)18(12-10-17)11-9-14-7-5-4-6-8-14;/h4-8H,9-13,17H2,1-3H3;1H. The first-order valence-corrected chi connectivity index (χ1v) is 8.06. The zero-order chi connectivity index (χ0) is 15.0. The number of amides is 1. The third-order valence-electron chi connectivity index (χ3n) is 2.89. The molecule has 120 valence electrons. The molecule has 1 aromatic carbocycles. The summed E-state index contributed by atoms with van der Waals surface area (Å²) in [5.74, 6) is 0.712. The van der Waals surface area contributed by atoms with Crippen LogP contribution in [0.5, 0.6) is 0 Å². The summed E-state index contributed by atoms with van der Waals surface area (Å²) in [5.41, 5.74) is 6.87. The molecule has 1 amide bonds. The monoisotopic (exact) mass is 330 g/mol. The van der Waals surface area contributed by atoms with Gasteiger partial charge in [0.15, 0.2) is 0 Å². The largest absolute Gasteiger partial charge is 0.340 e. The van der Waals surface area contributed by atoms with Crippen molar-refractivity contribution >= 4 is 30.1 Å². The fraction of sp³-hybridized carbons (Fsp3) is 0.562. The molecule has 0 aliphatic rings. The Morgan fingerprint density at radius 1 is 1.19 bits per heavy atom. The van der Waals surface area contributed by atoms with E-state index >= 15 is 0 Å². The summed E-state index contributed by atoms with van der Waals surface area (Å²) in [7, 11) is 0. The molecule has 1 rings (SSSR count). The number of nitrogens with zero attached hydrogens (tertiary/aromatic N) is 1. The fourth-order valence-electron chi connectivity index (χ4n) is 1.80. The summed E-state index contributed by atoms with van der Waals surface area (Å²) in [5, 5.41) is 0. The van der Waals surface area contributed by atoms with E-state index in [0.29, 0.717) is 18.8 Å². The Hall–Kier alpha value is -0.710. The molecule has 0 aliphatic carbocycles. The van der Waals surface area contributed by atoms with Crippen LogP contribution >= 0.6 is 24.2 Å². The smallest absolute Gasteiger partial charge is 0.232 e. The second kappa shape index (κ2) is 10.1. The van der Waals surface area contributed by atoms with Crippen LogP contribution in [-0.2, 0) is 11.2 Å². The highest BCUT2D eigenvalue weighted by molar-refractivity contribution is 8.01. The summed E-state index contributed by atoms with van der Waals surface area (Å²) in [6.45, 7) is 8.27. The van der Waals surface area contributed by atoms with E-state index in [1.807, 2.05) is 23.1 Å². The first-order valence-electron chi connectivity index (χ1n) is 7.08. The molecule has 0 radical (unpaired) electrons. The Kier molecular flexibility index (Phi) is 9.75. The van der Waals surface area contributed by atoms with E-state index in [2.05, 4.69) is 32.9 Å². The van der Waals surface area contributed by atoms with Crippen LogP contribution in [0, 0.1) is 0 Å². The Morgan fingerprint density at radius 2 is 1.81 bits per heavy atom. The van der Waals surface area contributed by atoms with Gasteiger partial charge in [-0.15, -0.1) is 24.2 Å². The van der Waals surface area contributed by atoms with Gasteiger partial charge < -0.3 is 10.6 Å². The lowest BCUT2D eigenvalue weighted by molar-refractivity contribution is -0.128. The Labute approximate surface area is 139 Å². The van der Waals surface area contributed by atoms with Crippen molar-refractivity contribution in [2.75, 3.05) is 25.4 Å². The van der Waals surface area contributed by atoms with E-state index < -0.39 is 0 Å². The molecular formula is C16H27ClN2OS. The molecule has 1 aromatic rings. The minimum absolute atomic E-state index is 0. The minimum atomic E-state index is 0. The molecule has 0 bridgehead atoms. The number of carbonyl (C=O) groups is 1. The molecule has 21 heavy (non-hydrogen) atoms. The van der Waals surface area contributed by atoms with Gasteiger partial charge in [-0.25, -0.2) is 0 Å². The van der Waals surface area contributed by atoms with Crippen molar-refractivity contribution < 1.29 is 4.79 Å². The van der Waals surface area contributed by atoms with Crippen LogP contribution in [0.4, 0.5) is 0 Å². The third-order valence-corrected chi connectivity index (χ3v) is 4.15. The highest BCUT2D eigenvalue weighted by Gasteiger charge is 2.17. The molecule has 3 nitrogen and oxygen atoms in total. The van der Waals surface area contributed by atoms with Gasteiger partial charge in [0.05, 0.1) is 5.75 Å². The number of halogens is 1. The van der Waals surface area contributed by atoms with Crippen molar-refractivity contribution in [1.29, 1.82) is 0 Å². The Bertz CT molecular complexity index is 406. The van der Waals surface area contributed by atoms with Crippen LogP contribution in [0.3, 0.4) is 0 Å². The van der Waals surface area contributed by atoms with Gasteiger partial charge >= 0.3 is 0 Å². The van der Waals surface area contributed by atoms with Crippen LogP contribution < -0.4 is 5.73 Å². The summed E-state index contributed by atoms with van der Waals surface area (Å²) in [6, 6.07) is 10.2. The van der Waals surface area contributed by atoms with Crippen LogP contribution in [0.25, 0.3) is 0 Å². The molecule has 0 saturated carbocycles. The van der Waals surface area contributed by atoms with Crippen molar-refractivity contribution in [2.24, 2.45) is 5.73 Å². The van der Waals surface area contributed by atoms with Gasteiger partial charge in [-0.1, -0.05) is 51.1 Å². The van der Waals surface area contributed by atoms with Crippen molar-refractivity contribution in [3.63, 3.8) is 0 Å². The normalized spacial score (nSPS) is 10.9. The Balaban J connectivity index is 0.00000400. The third kappa shape index (κ3) is 9.02. The molecule has 0 spiro atoms. The van der Waals surface area contributed by atoms with Gasteiger partial charge in [-0.3, -0.25) is 4.79 Å². The van der Waals surface area contributed by atoms with Crippen molar-refractivity contribution in [3.05, 3.63) is 35.9 Å². The van der Waals surface area contributed by atoms with E-state index in [0.717, 1.165) is 13.0 Å². The average molecular weight is 331 g/mol. The molecule has 0 unspecified atom stereocenters. The van der Waals surface area contributed by atoms with Gasteiger partial charge in [0, 0.05) is 24.4 Å². The van der Waals surface area contributed by atoms with Gasteiger partial charge in [0.25, 0.3) is 0 Å². The fourth-order valence-corrected chi connectivity index (χ4v) is 2.53. The van der Waals surface area contributed by atoms with E-state index in [1.54, 1.807) is 11.8 Å². The number of thioether (sulfide) groups is 1. The van der Waals surface area contributed by atoms with Crippen molar-refractivity contribution in [3.8, 4) is 0 Å². The number of nitrogens with two attached hydrogens (primary N) is 1. The lowest BCUT2D eigenvalue weighted by atomic mass is 10.1. The lowest BCUT2D eigenvalue weighted by Crippen LogP contribution is -2.38. The average Bonchev–Trinajstić information content (AvgIpc) is 2.41. The molecule has 0 fully saturated rings. The van der Waals surface area contributed by atoms with Crippen LogP contribution in [0.15, 0.2) is 30.3 Å². The molecule has 0 aliphatic heterocycles. The lowest BCUT2D eigenvalue weighted by Gasteiger charge is -2.24. The molecule has 5 heteroatoms. The second-order valence-electron chi connectivity index (χ2n) is 5.81. The van der Waals surface area contributed by atoms with Crippen molar-refractivity contribution in [2.45, 2.75) is 31.9 Å². The van der Waals surface area contributed by atoms with Crippen LogP contribution in [0.2, 0.25) is 0 Å². The number of carbonyl (C=O) groups excluding carboxylic acids is 1. The molecule has 2 N–H and O–H groups in total. The van der Waals surface area contributed by atoms with Crippen molar-refractivity contribution in [1.82, 2.24) is 4.90 Å². The maximum Gasteiger partial charge on any atom is 0.232 e. The van der Waals surface area contributed by atoms with Gasteiger partial charge in [0.2, 0.25) is 5.91 Å². The summed E-state index contributed by atoms with van der Waals surface area (Å²) in [4.78, 5) is 14.1. The van der Waals surface area contributed by atoms with E-state index in [-0.39, 0.29) is 23.1 Å². The second-order valence-corrected chi connectivity index (χ2v) is 7.61. The first kappa shape index (κ1) is 20.3. The number of hydrogen-bond acceptors (Lipinski definition) is 3. The molecule has 0 saturated heterocycles. The summed E-state index contributed by atoms with van der Waals surface area (Å²) in [6.07, 6.45) is 0.882. The minimum Gasteiger partial charge on any atom is -0.340 e. The molecular weight excluding hydrogens is 304 g/mol. The topological polar surface area (TPSA) is 46.3 Å². The Morgan fingerprint density at radius 3 is 2.33 bits per heavy atom. The predicted molar refractivity (Wildman–Crippen MR) is 95.2 cm³/mol. The maximum atomic E-state index is 12.3. The van der Waals surface area contributed by atoms with E-state index in [9.17, 15) is 4.79 Å². The SMILES string of the molecule is CC(C)(C)SCC(=O)N(CCN)CCc1ccccc1.Cl. The maximum absolute atomic E-state index is 12.3. The summed E-state index contributed by atoms with van der Waals surface area (Å²) < 4.78 is 0.115. The molecule has 0 heterocycles.